The Bertz CT molecular complexity index is 864. The van der Waals surface area contributed by atoms with E-state index in [1.54, 1.807) is 0 Å². The standard InChI is InChI=1S/2C18H34O2.C4H4O4.4C4H9.2Sn/c2*1-2-3-4-5-6-7-8-9-10-11-12-13-14-15-16-17-18(19)20;5-3(6)1-2-4(7)8;4*1-3-4-2;;/h2*9-10H,2-8,11-17H2,1H3,(H,19,20);1-2H,(H,5,6)(H,7,8);4*1,3-4H2,2H3;;/q;;;;;;;2*+2/p-4/b2*10-9-;2-1-;;;;;;. The SMILES string of the molecule is CCCCCCCC/C=C\CCCCCCCC(=O)[O-].CCCCCCCC/C=C\CCCCCCCC(=O)[O-].O=C([O-])/C=C\C(=O)[O-].[CH2]CCC.[CH2]CCC.[CH2]CCC.[CH2]CCC.[Sn+2].[Sn+2]. The number of carbonyl (C=O) groups excluding carboxylic acids is 4. The van der Waals surface area contributed by atoms with Gasteiger partial charge in [-0.1, -0.05) is 248 Å². The average Bonchev–Trinajstić information content (AvgIpc) is 3.28. The van der Waals surface area contributed by atoms with E-state index in [0.29, 0.717) is 12.2 Å². The fraction of sp³-hybridized carbons (Fsp3) is 0.750. The van der Waals surface area contributed by atoms with E-state index >= 15 is 0 Å². The third-order valence-corrected chi connectivity index (χ3v) is 9.06. The van der Waals surface area contributed by atoms with Crippen molar-refractivity contribution >= 4 is 71.7 Å². The molecule has 0 saturated heterocycles. The summed E-state index contributed by atoms with van der Waals surface area (Å²) in [4.78, 5) is 39.3. The molecule has 0 unspecified atom stereocenters. The van der Waals surface area contributed by atoms with Crippen molar-refractivity contribution in [2.24, 2.45) is 0 Å². The molecule has 0 heterocycles. The Labute approximate surface area is 445 Å². The van der Waals surface area contributed by atoms with Crippen LogP contribution in [0.2, 0.25) is 0 Å². The zero-order chi connectivity index (χ0) is 50.0. The summed E-state index contributed by atoms with van der Waals surface area (Å²) >= 11 is 0. The molecule has 8 radical (unpaired) electrons. The molecule has 0 spiro atoms. The first-order chi connectivity index (χ1) is 30.8. The summed E-state index contributed by atoms with van der Waals surface area (Å²) in [7, 11) is 0. The summed E-state index contributed by atoms with van der Waals surface area (Å²) in [6.45, 7) is 27.4. The Hall–Kier alpha value is -1.30. The number of rotatable bonds is 36. The smallest absolute Gasteiger partial charge is 0.550 e. The van der Waals surface area contributed by atoms with Crippen molar-refractivity contribution < 1.29 is 39.6 Å². The molecule has 0 atom stereocenters. The zero-order valence-electron chi connectivity index (χ0n) is 44.0. The molecular formula is C56H104O8Sn2. The van der Waals surface area contributed by atoms with Crippen molar-refractivity contribution in [3.63, 3.8) is 0 Å². The topological polar surface area (TPSA) is 161 Å². The van der Waals surface area contributed by atoms with Gasteiger partial charge in [0.2, 0.25) is 0 Å². The van der Waals surface area contributed by atoms with Crippen LogP contribution in [0.25, 0.3) is 0 Å². The van der Waals surface area contributed by atoms with Gasteiger partial charge in [0.1, 0.15) is 0 Å². The number of carboxylic acids is 4. The molecule has 66 heavy (non-hydrogen) atoms. The van der Waals surface area contributed by atoms with E-state index in [9.17, 15) is 39.6 Å². The van der Waals surface area contributed by atoms with Crippen LogP contribution in [0.15, 0.2) is 36.5 Å². The molecule has 384 valence electrons. The van der Waals surface area contributed by atoms with Crippen molar-refractivity contribution in [2.45, 2.75) is 273 Å². The van der Waals surface area contributed by atoms with Gasteiger partial charge in [-0.2, -0.15) is 0 Å². The minimum Gasteiger partial charge on any atom is -0.550 e. The first-order valence-electron chi connectivity index (χ1n) is 25.8. The fourth-order valence-corrected chi connectivity index (χ4v) is 4.82. The van der Waals surface area contributed by atoms with Crippen LogP contribution in [-0.2, 0) is 19.2 Å². The predicted octanol–water partition coefficient (Wildman–Crippen LogP) is 12.3. The van der Waals surface area contributed by atoms with Gasteiger partial charge in [0, 0.05) is 11.9 Å². The molecule has 0 saturated carbocycles. The normalized spacial score (nSPS) is 9.79. The number of hydrogen-bond acceptors (Lipinski definition) is 8. The van der Waals surface area contributed by atoms with Gasteiger partial charge >= 0.3 is 47.8 Å². The Morgan fingerprint density at radius 1 is 0.318 bits per heavy atom. The average molecular weight is 1140 g/mol. The molecule has 0 aromatic carbocycles. The van der Waals surface area contributed by atoms with Gasteiger partial charge in [0.05, 0.1) is 11.9 Å². The van der Waals surface area contributed by atoms with Gasteiger partial charge in [-0.3, -0.25) is 0 Å². The van der Waals surface area contributed by atoms with Crippen LogP contribution in [0.1, 0.15) is 273 Å². The maximum absolute atomic E-state index is 10.2. The van der Waals surface area contributed by atoms with Crippen molar-refractivity contribution in [3.05, 3.63) is 64.2 Å². The van der Waals surface area contributed by atoms with Gasteiger partial charge in [-0.25, -0.2) is 0 Å². The van der Waals surface area contributed by atoms with Crippen LogP contribution in [0.4, 0.5) is 0 Å². The van der Waals surface area contributed by atoms with Crippen LogP contribution >= 0.6 is 0 Å². The largest absolute Gasteiger partial charge is 2.00 e. The summed E-state index contributed by atoms with van der Waals surface area (Å²) in [5.41, 5.74) is 0. The summed E-state index contributed by atoms with van der Waals surface area (Å²) < 4.78 is 0. The van der Waals surface area contributed by atoms with Gasteiger partial charge in [-0.05, 0) is 89.2 Å². The van der Waals surface area contributed by atoms with Crippen LogP contribution in [0.3, 0.4) is 0 Å². The maximum atomic E-state index is 10.2. The molecule has 0 aromatic heterocycles. The number of unbranched alkanes of at least 4 members (excludes halogenated alkanes) is 26. The second-order valence-corrected chi connectivity index (χ2v) is 15.8. The van der Waals surface area contributed by atoms with Crippen LogP contribution in [-0.4, -0.2) is 71.7 Å². The fourth-order valence-electron chi connectivity index (χ4n) is 4.82. The van der Waals surface area contributed by atoms with E-state index in [2.05, 4.69) is 93.5 Å². The Balaban J connectivity index is -0.0000000929. The minimum absolute atomic E-state index is 0. The first-order valence-corrected chi connectivity index (χ1v) is 25.8. The summed E-state index contributed by atoms with van der Waals surface area (Å²) in [5, 5.41) is 39.3. The van der Waals surface area contributed by atoms with Gasteiger partial charge in [0.15, 0.2) is 0 Å². The molecule has 10 heteroatoms. The number of hydrogen-bond donors (Lipinski definition) is 0. The Kier molecular flexibility index (Phi) is 116. The Morgan fingerprint density at radius 2 is 0.500 bits per heavy atom. The van der Waals surface area contributed by atoms with Crippen LogP contribution < -0.4 is 20.4 Å². The van der Waals surface area contributed by atoms with Crippen molar-refractivity contribution in [1.82, 2.24) is 0 Å². The summed E-state index contributed by atoms with van der Waals surface area (Å²) in [6.07, 6.45) is 51.7. The summed E-state index contributed by atoms with van der Waals surface area (Å²) in [6, 6.07) is 0. The third kappa shape index (κ3) is 137. The third-order valence-electron chi connectivity index (χ3n) is 9.06. The second-order valence-electron chi connectivity index (χ2n) is 15.8. The first kappa shape index (κ1) is 84.6. The molecule has 0 aliphatic carbocycles. The quantitative estimate of drug-likeness (QED) is 0.0259. The van der Waals surface area contributed by atoms with Gasteiger partial charge in [0.25, 0.3) is 0 Å². The molecule has 0 amide bonds. The molecule has 0 fully saturated rings. The Morgan fingerprint density at radius 3 is 0.667 bits per heavy atom. The van der Waals surface area contributed by atoms with Gasteiger partial charge in [-0.15, -0.1) is 0 Å². The maximum Gasteiger partial charge on any atom is 2.00 e. The van der Waals surface area contributed by atoms with E-state index in [-0.39, 0.29) is 60.7 Å². The number of aliphatic carboxylic acids is 4. The number of carbonyl (C=O) groups is 4. The molecule has 0 aromatic rings. The zero-order valence-corrected chi connectivity index (χ0v) is 49.7. The van der Waals surface area contributed by atoms with E-state index in [0.717, 1.165) is 64.2 Å². The van der Waals surface area contributed by atoms with Crippen LogP contribution in [0, 0.1) is 27.7 Å². The molecule has 0 bridgehead atoms. The van der Waals surface area contributed by atoms with Crippen molar-refractivity contribution in [3.8, 4) is 0 Å². The van der Waals surface area contributed by atoms with E-state index < -0.39 is 23.9 Å². The van der Waals surface area contributed by atoms with E-state index in [1.807, 2.05) is 0 Å². The molecule has 0 N–H and O–H groups in total. The molecule has 0 aliphatic heterocycles. The predicted molar refractivity (Wildman–Crippen MR) is 281 cm³/mol. The monoisotopic (exact) mass is 1140 g/mol. The summed E-state index contributed by atoms with van der Waals surface area (Å²) in [5.74, 6) is -4.92. The second kappa shape index (κ2) is 90.2. The van der Waals surface area contributed by atoms with Crippen LogP contribution in [0.5, 0.6) is 0 Å². The number of allylic oxidation sites excluding steroid dienone is 4. The van der Waals surface area contributed by atoms with E-state index in [1.165, 1.54) is 154 Å². The molecule has 8 nitrogen and oxygen atoms in total. The molecule has 0 rings (SSSR count). The molecule has 0 aliphatic rings. The van der Waals surface area contributed by atoms with Gasteiger partial charge < -0.3 is 39.6 Å². The number of carboxylic acid groups (broad SMARTS) is 4. The molecular weight excluding hydrogens is 1040 g/mol. The minimum atomic E-state index is -1.55. The van der Waals surface area contributed by atoms with Crippen molar-refractivity contribution in [1.29, 1.82) is 0 Å². The van der Waals surface area contributed by atoms with Crippen molar-refractivity contribution in [2.75, 3.05) is 0 Å². The van der Waals surface area contributed by atoms with E-state index in [4.69, 9.17) is 0 Å².